The van der Waals surface area contributed by atoms with E-state index in [1.807, 2.05) is 37.1 Å². The molecule has 1 aromatic rings. The van der Waals surface area contributed by atoms with Gasteiger partial charge in [-0.15, -0.1) is 0 Å². The van der Waals surface area contributed by atoms with E-state index >= 15 is 0 Å². The second-order valence-corrected chi connectivity index (χ2v) is 6.52. The molecular weight excluding hydrogens is 318 g/mol. The lowest BCUT2D eigenvalue weighted by molar-refractivity contribution is -0.135. The zero-order chi connectivity index (χ0) is 14.5. The van der Waals surface area contributed by atoms with Crippen molar-refractivity contribution in [2.24, 2.45) is 5.92 Å². The van der Waals surface area contributed by atoms with Crippen LogP contribution in [-0.2, 0) is 11.3 Å². The SMILES string of the molecule is CC(C)C(=O)N1CCC(NCc2ccc(Br)cn2)CC1. The number of piperidine rings is 1. The van der Waals surface area contributed by atoms with Crippen LogP contribution in [0.15, 0.2) is 22.8 Å². The molecule has 2 rings (SSSR count). The predicted molar refractivity (Wildman–Crippen MR) is 83.2 cm³/mol. The van der Waals surface area contributed by atoms with Crippen molar-refractivity contribution in [1.82, 2.24) is 15.2 Å². The monoisotopic (exact) mass is 339 g/mol. The van der Waals surface area contributed by atoms with Crippen LogP contribution in [0.3, 0.4) is 0 Å². The fraction of sp³-hybridized carbons (Fsp3) is 0.600. The van der Waals surface area contributed by atoms with Gasteiger partial charge in [0, 0.05) is 42.3 Å². The summed E-state index contributed by atoms with van der Waals surface area (Å²) in [6, 6.07) is 4.51. The Labute approximate surface area is 129 Å². The summed E-state index contributed by atoms with van der Waals surface area (Å²) in [6.45, 7) is 6.44. The summed E-state index contributed by atoms with van der Waals surface area (Å²) in [4.78, 5) is 18.2. The highest BCUT2D eigenvalue weighted by molar-refractivity contribution is 9.10. The van der Waals surface area contributed by atoms with Gasteiger partial charge in [-0.3, -0.25) is 9.78 Å². The van der Waals surface area contributed by atoms with Gasteiger partial charge >= 0.3 is 0 Å². The van der Waals surface area contributed by atoms with E-state index in [2.05, 4.69) is 26.2 Å². The molecule has 0 saturated carbocycles. The van der Waals surface area contributed by atoms with Crippen LogP contribution < -0.4 is 5.32 Å². The molecule has 20 heavy (non-hydrogen) atoms. The summed E-state index contributed by atoms with van der Waals surface area (Å²) >= 11 is 3.38. The van der Waals surface area contributed by atoms with Crippen LogP contribution in [0.5, 0.6) is 0 Å². The van der Waals surface area contributed by atoms with Gasteiger partial charge in [0.05, 0.1) is 5.69 Å². The van der Waals surface area contributed by atoms with Crippen molar-refractivity contribution in [3.05, 3.63) is 28.5 Å². The highest BCUT2D eigenvalue weighted by atomic mass is 79.9. The van der Waals surface area contributed by atoms with E-state index in [9.17, 15) is 4.79 Å². The first-order chi connectivity index (χ1) is 9.56. The fourth-order valence-corrected chi connectivity index (χ4v) is 2.66. The minimum absolute atomic E-state index is 0.103. The third-order valence-electron chi connectivity index (χ3n) is 3.66. The van der Waals surface area contributed by atoms with Crippen molar-refractivity contribution >= 4 is 21.8 Å². The summed E-state index contributed by atoms with van der Waals surface area (Å²) < 4.78 is 1.00. The third-order valence-corrected chi connectivity index (χ3v) is 4.13. The van der Waals surface area contributed by atoms with Crippen LogP contribution in [0.2, 0.25) is 0 Å². The third kappa shape index (κ3) is 4.28. The van der Waals surface area contributed by atoms with Gasteiger partial charge in [0.1, 0.15) is 0 Å². The molecule has 0 bridgehead atoms. The van der Waals surface area contributed by atoms with E-state index in [-0.39, 0.29) is 11.8 Å². The first-order valence-electron chi connectivity index (χ1n) is 7.19. The Morgan fingerprint density at radius 1 is 1.45 bits per heavy atom. The van der Waals surface area contributed by atoms with E-state index in [1.165, 1.54) is 0 Å². The molecule has 1 fully saturated rings. The van der Waals surface area contributed by atoms with E-state index < -0.39 is 0 Å². The highest BCUT2D eigenvalue weighted by Crippen LogP contribution is 2.14. The molecule has 0 unspecified atom stereocenters. The molecule has 1 N–H and O–H groups in total. The first-order valence-corrected chi connectivity index (χ1v) is 7.98. The average Bonchev–Trinajstić information content (AvgIpc) is 2.46. The topological polar surface area (TPSA) is 45.2 Å². The number of nitrogens with zero attached hydrogens (tertiary/aromatic N) is 2. The molecule has 2 heterocycles. The molecule has 0 spiro atoms. The standard InChI is InChI=1S/C15H22BrN3O/c1-11(2)15(20)19-7-5-13(6-8-19)18-10-14-4-3-12(16)9-17-14/h3-4,9,11,13,18H,5-8,10H2,1-2H3. The number of aromatic nitrogens is 1. The normalized spacial score (nSPS) is 16.7. The molecule has 0 atom stereocenters. The summed E-state index contributed by atoms with van der Waals surface area (Å²) in [7, 11) is 0. The van der Waals surface area contributed by atoms with E-state index in [4.69, 9.17) is 0 Å². The Morgan fingerprint density at radius 2 is 2.15 bits per heavy atom. The molecule has 1 aromatic heterocycles. The van der Waals surface area contributed by atoms with Crippen LogP contribution in [0, 0.1) is 5.92 Å². The van der Waals surface area contributed by atoms with E-state index in [0.29, 0.717) is 6.04 Å². The number of carbonyl (C=O) groups excluding carboxylic acids is 1. The average molecular weight is 340 g/mol. The number of carbonyl (C=O) groups is 1. The number of rotatable bonds is 4. The van der Waals surface area contributed by atoms with Crippen molar-refractivity contribution in [2.75, 3.05) is 13.1 Å². The molecular formula is C15H22BrN3O. The number of hydrogen-bond donors (Lipinski definition) is 1. The number of likely N-dealkylation sites (tertiary alicyclic amines) is 1. The molecule has 1 aliphatic rings. The van der Waals surface area contributed by atoms with Gasteiger partial charge in [-0.1, -0.05) is 13.8 Å². The minimum Gasteiger partial charge on any atom is -0.342 e. The van der Waals surface area contributed by atoms with Crippen LogP contribution in [0.4, 0.5) is 0 Å². The molecule has 0 radical (unpaired) electrons. The lowest BCUT2D eigenvalue weighted by Crippen LogP contribution is -2.46. The summed E-state index contributed by atoms with van der Waals surface area (Å²) in [5.74, 6) is 0.379. The number of amides is 1. The maximum Gasteiger partial charge on any atom is 0.225 e. The minimum atomic E-state index is 0.103. The van der Waals surface area contributed by atoms with E-state index in [1.54, 1.807) is 0 Å². The van der Waals surface area contributed by atoms with Crippen LogP contribution in [0.25, 0.3) is 0 Å². The lowest BCUT2D eigenvalue weighted by Gasteiger charge is -2.33. The zero-order valence-corrected chi connectivity index (χ0v) is 13.7. The van der Waals surface area contributed by atoms with E-state index in [0.717, 1.165) is 42.6 Å². The van der Waals surface area contributed by atoms with Crippen LogP contribution in [-0.4, -0.2) is 34.9 Å². The van der Waals surface area contributed by atoms with Gasteiger partial charge in [-0.05, 0) is 40.9 Å². The molecule has 1 aliphatic heterocycles. The van der Waals surface area contributed by atoms with Gasteiger partial charge in [-0.25, -0.2) is 0 Å². The Morgan fingerprint density at radius 3 is 2.70 bits per heavy atom. The summed E-state index contributed by atoms with van der Waals surface area (Å²) in [6.07, 6.45) is 3.87. The molecule has 4 nitrogen and oxygen atoms in total. The molecule has 0 aromatic carbocycles. The largest absolute Gasteiger partial charge is 0.342 e. The summed E-state index contributed by atoms with van der Waals surface area (Å²) in [5.41, 5.74) is 1.05. The molecule has 5 heteroatoms. The van der Waals surface area contributed by atoms with Crippen molar-refractivity contribution < 1.29 is 4.79 Å². The smallest absolute Gasteiger partial charge is 0.225 e. The van der Waals surface area contributed by atoms with Crippen molar-refractivity contribution in [3.8, 4) is 0 Å². The molecule has 1 amide bonds. The van der Waals surface area contributed by atoms with Crippen LogP contribution >= 0.6 is 15.9 Å². The zero-order valence-electron chi connectivity index (χ0n) is 12.1. The van der Waals surface area contributed by atoms with Gasteiger partial charge in [0.15, 0.2) is 0 Å². The number of nitrogens with one attached hydrogen (secondary N) is 1. The Hall–Kier alpha value is -0.940. The highest BCUT2D eigenvalue weighted by Gasteiger charge is 2.23. The first kappa shape index (κ1) is 15.4. The van der Waals surface area contributed by atoms with Crippen molar-refractivity contribution in [1.29, 1.82) is 0 Å². The maximum atomic E-state index is 11.9. The molecule has 110 valence electrons. The van der Waals surface area contributed by atoms with Gasteiger partial charge in [-0.2, -0.15) is 0 Å². The Balaban J connectivity index is 1.74. The lowest BCUT2D eigenvalue weighted by atomic mass is 10.0. The second-order valence-electron chi connectivity index (χ2n) is 5.60. The maximum absolute atomic E-state index is 11.9. The fourth-order valence-electron chi connectivity index (χ4n) is 2.43. The Bertz CT molecular complexity index is 439. The summed E-state index contributed by atoms with van der Waals surface area (Å²) in [5, 5.41) is 3.53. The van der Waals surface area contributed by atoms with Gasteiger partial charge < -0.3 is 10.2 Å². The number of hydrogen-bond acceptors (Lipinski definition) is 3. The van der Waals surface area contributed by atoms with Gasteiger partial charge in [0.2, 0.25) is 5.91 Å². The Kier molecular flexibility index (Phi) is 5.54. The predicted octanol–water partition coefficient (Wildman–Crippen LogP) is 2.58. The number of halogens is 1. The molecule has 1 saturated heterocycles. The quantitative estimate of drug-likeness (QED) is 0.916. The van der Waals surface area contributed by atoms with Gasteiger partial charge in [0.25, 0.3) is 0 Å². The molecule has 0 aliphatic carbocycles. The van der Waals surface area contributed by atoms with Crippen LogP contribution in [0.1, 0.15) is 32.4 Å². The van der Waals surface area contributed by atoms with Crippen molar-refractivity contribution in [3.63, 3.8) is 0 Å². The van der Waals surface area contributed by atoms with Crippen molar-refractivity contribution in [2.45, 2.75) is 39.3 Å². The second kappa shape index (κ2) is 7.18. The number of pyridine rings is 1.